The van der Waals surface area contributed by atoms with Gasteiger partial charge in [-0.2, -0.15) is 13.2 Å². The van der Waals surface area contributed by atoms with E-state index in [0.717, 1.165) is 35.1 Å². The van der Waals surface area contributed by atoms with Crippen LogP contribution in [-0.2, 0) is 11.0 Å². The molecule has 0 saturated carbocycles. The minimum absolute atomic E-state index is 0.186. The number of amides is 2. The molecule has 7 nitrogen and oxygen atoms in total. The summed E-state index contributed by atoms with van der Waals surface area (Å²) in [6.07, 6.45) is -4.03. The first-order chi connectivity index (χ1) is 16.1. The monoisotopic (exact) mass is 492 g/mol. The Balaban J connectivity index is 1.74. The first kappa shape index (κ1) is 25.2. The summed E-state index contributed by atoms with van der Waals surface area (Å²) >= 11 is 1.15. The minimum atomic E-state index is -4.58. The van der Waals surface area contributed by atoms with Crippen molar-refractivity contribution in [1.29, 1.82) is 0 Å². The van der Waals surface area contributed by atoms with Crippen molar-refractivity contribution in [2.24, 2.45) is 5.92 Å². The van der Waals surface area contributed by atoms with Gasteiger partial charge < -0.3 is 10.1 Å². The second-order valence-electron chi connectivity index (χ2n) is 7.55. The molecule has 0 aliphatic carbocycles. The predicted octanol–water partition coefficient (Wildman–Crippen LogP) is 5.02. The van der Waals surface area contributed by atoms with E-state index in [1.54, 1.807) is 26.2 Å². The number of alkyl halides is 3. The lowest BCUT2D eigenvalue weighted by Gasteiger charge is -2.23. The van der Waals surface area contributed by atoms with E-state index in [-0.39, 0.29) is 16.6 Å². The Labute approximate surface area is 198 Å². The smallest absolute Gasteiger partial charge is 0.416 e. The van der Waals surface area contributed by atoms with Gasteiger partial charge in [0.25, 0.3) is 5.91 Å². The van der Waals surface area contributed by atoms with Crippen molar-refractivity contribution in [2.45, 2.75) is 32.5 Å². The molecule has 11 heteroatoms. The van der Waals surface area contributed by atoms with Gasteiger partial charge in [-0.1, -0.05) is 37.7 Å². The topological polar surface area (TPSA) is 93.2 Å². The van der Waals surface area contributed by atoms with Gasteiger partial charge in [-0.05, 0) is 48.4 Å². The van der Waals surface area contributed by atoms with Crippen molar-refractivity contribution >= 4 is 28.3 Å². The maximum atomic E-state index is 13.0. The Kier molecular flexibility index (Phi) is 7.87. The van der Waals surface area contributed by atoms with Gasteiger partial charge >= 0.3 is 6.18 Å². The molecule has 0 aliphatic heterocycles. The van der Waals surface area contributed by atoms with E-state index in [4.69, 9.17) is 4.74 Å². The number of rotatable bonds is 8. The standard InChI is InChI=1S/C23H23F3N4O3S/c1-4-13(2)18(27-19(31)15-6-5-7-16(12-15)23(24,25)26)20(32)28-22-30-29-21(34-22)14-8-10-17(33-3)11-9-14/h5-13,18H,4H2,1-3H3,(H,27,31)(H,28,30,32). The molecule has 2 N–H and O–H groups in total. The molecule has 3 aromatic rings. The third kappa shape index (κ3) is 6.10. The Bertz CT molecular complexity index is 1150. The van der Waals surface area contributed by atoms with Gasteiger partial charge in [-0.25, -0.2) is 0 Å². The number of hydrogen-bond acceptors (Lipinski definition) is 6. The van der Waals surface area contributed by atoms with Gasteiger partial charge in [0.05, 0.1) is 12.7 Å². The van der Waals surface area contributed by atoms with Crippen molar-refractivity contribution in [3.8, 4) is 16.3 Å². The van der Waals surface area contributed by atoms with E-state index < -0.39 is 29.6 Å². The first-order valence-corrected chi connectivity index (χ1v) is 11.2. The molecule has 0 spiro atoms. The van der Waals surface area contributed by atoms with E-state index in [0.29, 0.717) is 17.2 Å². The van der Waals surface area contributed by atoms with E-state index in [2.05, 4.69) is 20.8 Å². The first-order valence-electron chi connectivity index (χ1n) is 10.4. The van der Waals surface area contributed by atoms with Crippen LogP contribution in [0, 0.1) is 5.92 Å². The number of hydrogen-bond donors (Lipinski definition) is 2. The van der Waals surface area contributed by atoms with Gasteiger partial charge in [0.2, 0.25) is 11.0 Å². The van der Waals surface area contributed by atoms with E-state index in [1.807, 2.05) is 19.1 Å². The summed E-state index contributed by atoms with van der Waals surface area (Å²) in [6.45, 7) is 3.60. The summed E-state index contributed by atoms with van der Waals surface area (Å²) in [4.78, 5) is 25.6. The van der Waals surface area contributed by atoms with Crippen molar-refractivity contribution < 1.29 is 27.5 Å². The van der Waals surface area contributed by atoms with Crippen LogP contribution >= 0.6 is 11.3 Å². The Morgan fingerprint density at radius 2 is 1.82 bits per heavy atom. The molecule has 2 aromatic carbocycles. The fraction of sp³-hybridized carbons (Fsp3) is 0.304. The number of benzene rings is 2. The van der Waals surface area contributed by atoms with Crippen LogP contribution in [-0.4, -0.2) is 35.2 Å². The molecule has 2 amide bonds. The van der Waals surface area contributed by atoms with Gasteiger partial charge in [0.1, 0.15) is 16.8 Å². The molecular weight excluding hydrogens is 469 g/mol. The molecule has 3 rings (SSSR count). The molecule has 0 aliphatic rings. The third-order valence-corrected chi connectivity index (χ3v) is 6.11. The van der Waals surface area contributed by atoms with Gasteiger partial charge in [-0.15, -0.1) is 10.2 Å². The second kappa shape index (κ2) is 10.6. The highest BCUT2D eigenvalue weighted by Crippen LogP contribution is 2.30. The summed E-state index contributed by atoms with van der Waals surface area (Å²) in [5.74, 6) is -0.909. The zero-order valence-corrected chi connectivity index (χ0v) is 19.5. The molecule has 1 heterocycles. The van der Waals surface area contributed by atoms with Crippen molar-refractivity contribution in [2.75, 3.05) is 12.4 Å². The zero-order valence-electron chi connectivity index (χ0n) is 18.6. The molecular formula is C23H23F3N4O3S. The van der Waals surface area contributed by atoms with Crippen LogP contribution in [0.15, 0.2) is 48.5 Å². The quantitative estimate of drug-likeness (QED) is 0.461. The molecule has 180 valence electrons. The van der Waals surface area contributed by atoms with Gasteiger partial charge in [0, 0.05) is 11.1 Å². The van der Waals surface area contributed by atoms with Gasteiger partial charge in [0.15, 0.2) is 0 Å². The summed E-state index contributed by atoms with van der Waals surface area (Å²) in [6, 6.07) is 10.2. The summed E-state index contributed by atoms with van der Waals surface area (Å²) in [5, 5.41) is 14.1. The lowest BCUT2D eigenvalue weighted by molar-refractivity contribution is -0.137. The average molecular weight is 493 g/mol. The third-order valence-electron chi connectivity index (χ3n) is 5.23. The fourth-order valence-corrected chi connectivity index (χ4v) is 3.82. The van der Waals surface area contributed by atoms with E-state index in [1.165, 1.54) is 6.07 Å². The van der Waals surface area contributed by atoms with Crippen LogP contribution < -0.4 is 15.4 Å². The highest BCUT2D eigenvalue weighted by atomic mass is 32.1. The molecule has 1 aromatic heterocycles. The number of carbonyl (C=O) groups is 2. The highest BCUT2D eigenvalue weighted by Gasteiger charge is 2.32. The van der Waals surface area contributed by atoms with Gasteiger partial charge in [-0.3, -0.25) is 14.9 Å². The summed E-state index contributed by atoms with van der Waals surface area (Å²) < 4.78 is 44.1. The maximum absolute atomic E-state index is 13.0. The highest BCUT2D eigenvalue weighted by molar-refractivity contribution is 7.18. The normalized spacial score (nSPS) is 13.1. The number of anilines is 1. The van der Waals surface area contributed by atoms with Crippen molar-refractivity contribution in [3.63, 3.8) is 0 Å². The SMILES string of the molecule is CCC(C)C(NC(=O)c1cccc(C(F)(F)F)c1)C(=O)Nc1nnc(-c2ccc(OC)cc2)s1. The number of nitrogens with one attached hydrogen (secondary N) is 2. The van der Waals surface area contributed by atoms with Crippen molar-refractivity contribution in [3.05, 3.63) is 59.7 Å². The lowest BCUT2D eigenvalue weighted by Crippen LogP contribution is -2.47. The second-order valence-corrected chi connectivity index (χ2v) is 8.52. The van der Waals surface area contributed by atoms with Crippen LogP contribution in [0.5, 0.6) is 5.75 Å². The van der Waals surface area contributed by atoms with Crippen LogP contribution in [0.4, 0.5) is 18.3 Å². The molecule has 34 heavy (non-hydrogen) atoms. The maximum Gasteiger partial charge on any atom is 0.416 e. The van der Waals surface area contributed by atoms with Crippen molar-refractivity contribution in [1.82, 2.24) is 15.5 Å². The summed E-state index contributed by atoms with van der Waals surface area (Å²) in [7, 11) is 1.56. The number of carbonyl (C=O) groups excluding carboxylic acids is 2. The molecule has 2 atom stereocenters. The number of nitrogens with zero attached hydrogens (tertiary/aromatic N) is 2. The van der Waals surface area contributed by atoms with Crippen LogP contribution in [0.3, 0.4) is 0 Å². The summed E-state index contributed by atoms with van der Waals surface area (Å²) in [5.41, 5.74) is -0.339. The zero-order chi connectivity index (χ0) is 24.9. The fourth-order valence-electron chi connectivity index (χ4n) is 3.07. The lowest BCUT2D eigenvalue weighted by atomic mass is 9.97. The van der Waals surface area contributed by atoms with E-state index in [9.17, 15) is 22.8 Å². The molecule has 0 bridgehead atoms. The van der Waals surface area contributed by atoms with Crippen LogP contribution in [0.1, 0.15) is 36.2 Å². The Hall–Kier alpha value is -3.47. The number of ether oxygens (including phenoxy) is 1. The van der Waals surface area contributed by atoms with E-state index >= 15 is 0 Å². The minimum Gasteiger partial charge on any atom is -0.497 e. The Morgan fingerprint density at radius 3 is 2.44 bits per heavy atom. The molecule has 0 fully saturated rings. The average Bonchev–Trinajstić information content (AvgIpc) is 3.29. The number of methoxy groups -OCH3 is 1. The number of aromatic nitrogens is 2. The Morgan fingerprint density at radius 1 is 1.12 bits per heavy atom. The largest absolute Gasteiger partial charge is 0.497 e. The molecule has 0 radical (unpaired) electrons. The number of halogens is 3. The molecule has 0 saturated heterocycles. The van der Waals surface area contributed by atoms with Crippen LogP contribution in [0.25, 0.3) is 10.6 Å². The molecule has 2 unspecified atom stereocenters. The van der Waals surface area contributed by atoms with Crippen LogP contribution in [0.2, 0.25) is 0 Å². The predicted molar refractivity (Wildman–Crippen MR) is 123 cm³/mol.